The van der Waals surface area contributed by atoms with Gasteiger partial charge in [0.2, 0.25) is 0 Å². The highest BCUT2D eigenvalue weighted by Gasteiger charge is 2.37. The van der Waals surface area contributed by atoms with Crippen LogP contribution in [0.15, 0.2) is 206 Å². The van der Waals surface area contributed by atoms with E-state index >= 15 is 0 Å². The number of rotatable bonds is 6. The number of fused-ring (bicyclic) bond motifs is 4. The van der Waals surface area contributed by atoms with Gasteiger partial charge in [-0.25, -0.2) is 9.97 Å². The first-order chi connectivity index (χ1) is 29.5. The summed E-state index contributed by atoms with van der Waals surface area (Å²) in [6, 6.07) is 72.5. The summed E-state index contributed by atoms with van der Waals surface area (Å²) >= 11 is 0. The van der Waals surface area contributed by atoms with Crippen LogP contribution in [-0.4, -0.2) is 9.97 Å². The number of para-hydroxylation sites is 6. The van der Waals surface area contributed by atoms with Gasteiger partial charge in [0.25, 0.3) is 0 Å². The van der Waals surface area contributed by atoms with Crippen molar-refractivity contribution in [2.45, 2.75) is 19.3 Å². The summed E-state index contributed by atoms with van der Waals surface area (Å²) in [7, 11) is 0. The molecule has 5 heteroatoms. The van der Waals surface area contributed by atoms with Crippen molar-refractivity contribution in [3.63, 3.8) is 0 Å². The van der Waals surface area contributed by atoms with Gasteiger partial charge in [-0.1, -0.05) is 159 Å². The summed E-state index contributed by atoms with van der Waals surface area (Å²) < 4.78 is 6.50. The molecule has 11 rings (SSSR count). The van der Waals surface area contributed by atoms with Gasteiger partial charge in [0.1, 0.15) is 0 Å². The topological polar surface area (TPSA) is 41.5 Å². The molecular formula is C55H40N4O. The number of hydrogen-bond acceptors (Lipinski definition) is 5. The zero-order valence-corrected chi connectivity index (χ0v) is 33.3. The van der Waals surface area contributed by atoms with Crippen LogP contribution in [0.5, 0.6) is 11.5 Å². The van der Waals surface area contributed by atoms with Crippen LogP contribution in [-0.2, 0) is 5.41 Å². The second kappa shape index (κ2) is 14.3. The monoisotopic (exact) mass is 772 g/mol. The van der Waals surface area contributed by atoms with Crippen molar-refractivity contribution in [3.8, 4) is 56.5 Å². The minimum Gasteiger partial charge on any atom is -0.453 e. The Kier molecular flexibility index (Phi) is 8.41. The van der Waals surface area contributed by atoms with Gasteiger partial charge in [0, 0.05) is 33.5 Å². The SMILES string of the molecule is CC1(C)c2ccccc2N(c2cc(-c3cc(-c4ccccc4)nc(-c4ccc(-c5ccccc5)cc4)n3)cc(N3c4ccccc4Oc4ccccc43)c2)c2ccccc21. The van der Waals surface area contributed by atoms with E-state index in [1.165, 1.54) is 16.7 Å². The average Bonchev–Trinajstić information content (AvgIpc) is 3.31. The average molecular weight is 773 g/mol. The summed E-state index contributed by atoms with van der Waals surface area (Å²) in [6.07, 6.45) is 0. The zero-order valence-electron chi connectivity index (χ0n) is 33.3. The Bertz CT molecular complexity index is 2960. The fraction of sp³-hybridized carbons (Fsp3) is 0.0545. The summed E-state index contributed by atoms with van der Waals surface area (Å²) in [5, 5.41) is 0. The van der Waals surface area contributed by atoms with Gasteiger partial charge < -0.3 is 14.5 Å². The molecule has 0 fully saturated rings. The van der Waals surface area contributed by atoms with Crippen LogP contribution in [0.2, 0.25) is 0 Å². The van der Waals surface area contributed by atoms with Crippen LogP contribution in [0, 0.1) is 0 Å². The van der Waals surface area contributed by atoms with E-state index in [-0.39, 0.29) is 5.41 Å². The van der Waals surface area contributed by atoms with Crippen molar-refractivity contribution in [1.29, 1.82) is 0 Å². The van der Waals surface area contributed by atoms with Gasteiger partial charge >= 0.3 is 0 Å². The summed E-state index contributed by atoms with van der Waals surface area (Å²) in [5.41, 5.74) is 15.5. The van der Waals surface area contributed by atoms with Gasteiger partial charge in [-0.2, -0.15) is 0 Å². The van der Waals surface area contributed by atoms with Crippen molar-refractivity contribution in [2.75, 3.05) is 9.80 Å². The van der Waals surface area contributed by atoms with Crippen molar-refractivity contribution >= 4 is 34.1 Å². The molecule has 2 aliphatic rings. The van der Waals surface area contributed by atoms with Gasteiger partial charge in [-0.05, 0) is 82.9 Å². The third-order valence-electron chi connectivity index (χ3n) is 11.8. The molecule has 0 amide bonds. The Hall–Kier alpha value is -7.76. The number of hydrogen-bond donors (Lipinski definition) is 0. The molecule has 1 aromatic heterocycles. The maximum atomic E-state index is 6.50. The van der Waals surface area contributed by atoms with E-state index in [1.807, 2.05) is 36.4 Å². The van der Waals surface area contributed by atoms with Crippen LogP contribution in [0.3, 0.4) is 0 Å². The van der Waals surface area contributed by atoms with Gasteiger partial charge in [0.15, 0.2) is 17.3 Å². The molecule has 0 spiro atoms. The maximum Gasteiger partial charge on any atom is 0.160 e. The third-order valence-corrected chi connectivity index (χ3v) is 11.8. The molecular weight excluding hydrogens is 733 g/mol. The molecule has 0 saturated carbocycles. The third kappa shape index (κ3) is 6.02. The van der Waals surface area contributed by atoms with E-state index < -0.39 is 0 Å². The molecule has 0 radical (unpaired) electrons. The van der Waals surface area contributed by atoms with Crippen molar-refractivity contribution in [1.82, 2.24) is 9.97 Å². The first kappa shape index (κ1) is 35.4. The number of aromatic nitrogens is 2. The van der Waals surface area contributed by atoms with Gasteiger partial charge in [0.05, 0.1) is 34.1 Å². The van der Waals surface area contributed by atoms with Crippen LogP contribution >= 0.6 is 0 Å². The van der Waals surface area contributed by atoms with Crippen LogP contribution in [0.1, 0.15) is 25.0 Å². The van der Waals surface area contributed by atoms with Gasteiger partial charge in [-0.15, -0.1) is 0 Å². The lowest BCUT2D eigenvalue weighted by Gasteiger charge is -2.42. The fourth-order valence-corrected chi connectivity index (χ4v) is 8.85. The van der Waals surface area contributed by atoms with E-state index in [9.17, 15) is 0 Å². The molecule has 9 aromatic rings. The molecule has 2 aliphatic heterocycles. The first-order valence-electron chi connectivity index (χ1n) is 20.4. The number of nitrogens with zero attached hydrogens (tertiary/aromatic N) is 4. The predicted octanol–water partition coefficient (Wildman–Crippen LogP) is 14.8. The smallest absolute Gasteiger partial charge is 0.160 e. The molecule has 0 bridgehead atoms. The highest BCUT2D eigenvalue weighted by Crippen LogP contribution is 2.55. The molecule has 8 aromatic carbocycles. The Balaban J connectivity index is 1.16. The molecule has 0 unspecified atom stereocenters. The molecule has 0 saturated heterocycles. The fourth-order valence-electron chi connectivity index (χ4n) is 8.85. The maximum absolute atomic E-state index is 6.50. The second-order valence-corrected chi connectivity index (χ2v) is 15.9. The van der Waals surface area contributed by atoms with Crippen LogP contribution < -0.4 is 14.5 Å². The lowest BCUT2D eigenvalue weighted by Crippen LogP contribution is -2.30. The molecule has 3 heterocycles. The highest BCUT2D eigenvalue weighted by atomic mass is 16.5. The Morgan fingerprint density at radius 2 is 0.783 bits per heavy atom. The normalized spacial score (nSPS) is 13.4. The second-order valence-electron chi connectivity index (χ2n) is 15.9. The summed E-state index contributed by atoms with van der Waals surface area (Å²) in [6.45, 7) is 4.65. The lowest BCUT2D eigenvalue weighted by atomic mass is 9.73. The Labute approximate surface area is 350 Å². The van der Waals surface area contributed by atoms with Crippen molar-refractivity contribution < 1.29 is 4.74 Å². The highest BCUT2D eigenvalue weighted by molar-refractivity contribution is 5.93. The molecule has 60 heavy (non-hydrogen) atoms. The number of anilines is 6. The van der Waals surface area contributed by atoms with E-state index in [0.29, 0.717) is 5.82 Å². The number of benzene rings is 8. The first-order valence-corrected chi connectivity index (χ1v) is 20.4. The molecule has 0 N–H and O–H groups in total. The quantitative estimate of drug-likeness (QED) is 0.168. The van der Waals surface area contributed by atoms with Gasteiger partial charge in [-0.3, -0.25) is 0 Å². The molecule has 0 aliphatic carbocycles. The molecule has 286 valence electrons. The number of ether oxygens (including phenoxy) is 1. The zero-order chi connectivity index (χ0) is 40.2. The largest absolute Gasteiger partial charge is 0.453 e. The standard InChI is InChI=1S/C55H40N4O/c1-55(2)44-21-9-11-23-48(44)58(49-24-12-10-22-45(49)55)42-33-41(34-43(35-42)59-50-25-13-15-27-52(50)60-53-28-16-14-26-51(53)59)47-36-46(39-19-7-4-8-20-39)56-54(57-47)40-31-29-38(30-32-40)37-17-5-3-6-18-37/h3-36H,1-2H3. The molecule has 0 atom stereocenters. The van der Waals surface area contributed by atoms with E-state index in [2.05, 4.69) is 194 Å². The minimum atomic E-state index is -0.200. The Morgan fingerprint density at radius 1 is 0.367 bits per heavy atom. The Morgan fingerprint density at radius 3 is 1.35 bits per heavy atom. The van der Waals surface area contributed by atoms with E-state index in [1.54, 1.807) is 0 Å². The van der Waals surface area contributed by atoms with E-state index in [0.717, 1.165) is 79.3 Å². The lowest BCUT2D eigenvalue weighted by molar-refractivity contribution is 0.477. The predicted molar refractivity (Wildman–Crippen MR) is 245 cm³/mol. The molecule has 5 nitrogen and oxygen atoms in total. The summed E-state index contributed by atoms with van der Waals surface area (Å²) in [5.74, 6) is 2.26. The van der Waals surface area contributed by atoms with Crippen LogP contribution in [0.4, 0.5) is 34.1 Å². The van der Waals surface area contributed by atoms with Crippen molar-refractivity contribution in [3.05, 3.63) is 217 Å². The van der Waals surface area contributed by atoms with Crippen molar-refractivity contribution in [2.24, 2.45) is 0 Å². The van der Waals surface area contributed by atoms with Crippen LogP contribution in [0.25, 0.3) is 45.0 Å². The van der Waals surface area contributed by atoms with E-state index in [4.69, 9.17) is 14.7 Å². The minimum absolute atomic E-state index is 0.200. The summed E-state index contributed by atoms with van der Waals surface area (Å²) in [4.78, 5) is 15.3.